The molecule has 1 fully saturated rings. The minimum absolute atomic E-state index is 0.0662. The summed E-state index contributed by atoms with van der Waals surface area (Å²) in [4.78, 5) is 24.5. The van der Waals surface area contributed by atoms with Crippen molar-refractivity contribution >= 4 is 23.3 Å². The van der Waals surface area contributed by atoms with E-state index in [4.69, 9.17) is 4.74 Å². The van der Waals surface area contributed by atoms with E-state index in [2.05, 4.69) is 16.0 Å². The molecule has 0 unspecified atom stereocenters. The number of benzene rings is 2. The second kappa shape index (κ2) is 9.07. The monoisotopic (exact) mass is 367 g/mol. The van der Waals surface area contributed by atoms with Gasteiger partial charge in [-0.05, 0) is 56.2 Å². The van der Waals surface area contributed by atoms with Crippen molar-refractivity contribution in [1.29, 1.82) is 0 Å². The maximum Gasteiger partial charge on any atom is 0.323 e. The van der Waals surface area contributed by atoms with Gasteiger partial charge in [0.05, 0.1) is 12.3 Å². The predicted molar refractivity (Wildman–Crippen MR) is 106 cm³/mol. The highest BCUT2D eigenvalue weighted by Gasteiger charge is 2.17. The van der Waals surface area contributed by atoms with Crippen molar-refractivity contribution in [2.24, 2.45) is 0 Å². The number of urea groups is 1. The molecule has 1 aliphatic rings. The van der Waals surface area contributed by atoms with Crippen LogP contribution in [0.4, 0.5) is 16.2 Å². The third-order valence-electron chi connectivity index (χ3n) is 4.53. The molecule has 0 radical (unpaired) electrons. The first kappa shape index (κ1) is 18.8. The van der Waals surface area contributed by atoms with Gasteiger partial charge in [-0.25, -0.2) is 4.79 Å². The van der Waals surface area contributed by atoms with Crippen LogP contribution in [-0.4, -0.2) is 24.6 Å². The second-order valence-electron chi connectivity index (χ2n) is 6.54. The molecular formula is C21H25N3O3. The van der Waals surface area contributed by atoms with E-state index < -0.39 is 0 Å². The quantitative estimate of drug-likeness (QED) is 0.708. The summed E-state index contributed by atoms with van der Waals surface area (Å²) in [5.74, 6) is 0.553. The SMILES string of the molecule is CCOc1ccccc1NC(=O)Nc1ccc(C(=O)NC2CCCC2)cc1. The zero-order valence-corrected chi connectivity index (χ0v) is 15.5. The summed E-state index contributed by atoms with van der Waals surface area (Å²) in [6.07, 6.45) is 4.45. The number of amides is 3. The van der Waals surface area contributed by atoms with Crippen molar-refractivity contribution in [3.8, 4) is 5.75 Å². The Morgan fingerprint density at radius 1 is 1.00 bits per heavy atom. The van der Waals surface area contributed by atoms with Gasteiger partial charge < -0.3 is 20.7 Å². The van der Waals surface area contributed by atoms with Gasteiger partial charge in [-0.2, -0.15) is 0 Å². The molecule has 3 amide bonds. The number of para-hydroxylation sites is 2. The molecule has 0 aliphatic heterocycles. The fourth-order valence-electron chi connectivity index (χ4n) is 3.18. The standard InChI is InChI=1S/C21H25N3O3/c1-2-27-19-10-6-5-9-18(19)24-21(26)23-17-13-11-15(12-14-17)20(25)22-16-7-3-4-8-16/h5-6,9-14,16H,2-4,7-8H2,1H3,(H,22,25)(H2,23,24,26). The van der Waals surface area contributed by atoms with Gasteiger partial charge in [0, 0.05) is 17.3 Å². The summed E-state index contributed by atoms with van der Waals surface area (Å²) < 4.78 is 5.50. The third-order valence-corrected chi connectivity index (χ3v) is 4.53. The molecule has 0 atom stereocenters. The molecule has 27 heavy (non-hydrogen) atoms. The molecule has 142 valence electrons. The molecule has 0 saturated heterocycles. The zero-order chi connectivity index (χ0) is 19.1. The fraction of sp³-hybridized carbons (Fsp3) is 0.333. The summed E-state index contributed by atoms with van der Waals surface area (Å²) in [6.45, 7) is 2.41. The van der Waals surface area contributed by atoms with Crippen LogP contribution in [0.15, 0.2) is 48.5 Å². The van der Waals surface area contributed by atoms with Gasteiger partial charge in [-0.15, -0.1) is 0 Å². The van der Waals surface area contributed by atoms with Gasteiger partial charge in [0.1, 0.15) is 5.75 Å². The van der Waals surface area contributed by atoms with Crippen LogP contribution in [0.25, 0.3) is 0 Å². The van der Waals surface area contributed by atoms with Crippen LogP contribution in [-0.2, 0) is 0 Å². The summed E-state index contributed by atoms with van der Waals surface area (Å²) in [5, 5.41) is 8.59. The molecule has 0 spiro atoms. The van der Waals surface area contributed by atoms with Crippen LogP contribution in [0.2, 0.25) is 0 Å². The van der Waals surface area contributed by atoms with Crippen LogP contribution in [0, 0.1) is 0 Å². The first-order valence-electron chi connectivity index (χ1n) is 9.36. The zero-order valence-electron chi connectivity index (χ0n) is 15.5. The van der Waals surface area contributed by atoms with Crippen molar-refractivity contribution in [1.82, 2.24) is 5.32 Å². The summed E-state index contributed by atoms with van der Waals surface area (Å²) in [7, 11) is 0. The molecule has 0 aromatic heterocycles. The van der Waals surface area contributed by atoms with Crippen LogP contribution < -0.4 is 20.7 Å². The number of carbonyl (C=O) groups excluding carboxylic acids is 2. The molecule has 1 aliphatic carbocycles. The summed E-state index contributed by atoms with van der Waals surface area (Å²) in [6, 6.07) is 14.0. The van der Waals surface area contributed by atoms with E-state index in [1.807, 2.05) is 19.1 Å². The van der Waals surface area contributed by atoms with Crippen LogP contribution >= 0.6 is 0 Å². The molecule has 0 bridgehead atoms. The lowest BCUT2D eigenvalue weighted by Gasteiger charge is -2.13. The Balaban J connectivity index is 1.56. The van der Waals surface area contributed by atoms with Gasteiger partial charge in [0.25, 0.3) is 5.91 Å². The molecule has 2 aromatic carbocycles. The van der Waals surface area contributed by atoms with Crippen LogP contribution in [0.5, 0.6) is 5.75 Å². The van der Waals surface area contributed by atoms with Gasteiger partial charge in [0.15, 0.2) is 0 Å². The first-order chi connectivity index (χ1) is 13.2. The molecule has 3 N–H and O–H groups in total. The Bertz CT molecular complexity index is 784. The van der Waals surface area contributed by atoms with E-state index >= 15 is 0 Å². The summed E-state index contributed by atoms with van der Waals surface area (Å²) >= 11 is 0. The number of carbonyl (C=O) groups is 2. The largest absolute Gasteiger partial charge is 0.492 e. The van der Waals surface area contributed by atoms with Crippen molar-refractivity contribution in [3.63, 3.8) is 0 Å². The number of hydrogen-bond donors (Lipinski definition) is 3. The molecule has 6 nitrogen and oxygen atoms in total. The average Bonchev–Trinajstić information content (AvgIpc) is 3.17. The van der Waals surface area contributed by atoms with E-state index in [1.54, 1.807) is 36.4 Å². The average molecular weight is 367 g/mol. The van der Waals surface area contributed by atoms with Crippen LogP contribution in [0.1, 0.15) is 43.0 Å². The van der Waals surface area contributed by atoms with Gasteiger partial charge in [-0.1, -0.05) is 25.0 Å². The molecule has 1 saturated carbocycles. The molecule has 0 heterocycles. The summed E-state index contributed by atoms with van der Waals surface area (Å²) in [5.41, 5.74) is 1.80. The van der Waals surface area contributed by atoms with Crippen molar-refractivity contribution in [3.05, 3.63) is 54.1 Å². The number of hydrogen-bond acceptors (Lipinski definition) is 3. The number of rotatable bonds is 6. The van der Waals surface area contributed by atoms with E-state index in [-0.39, 0.29) is 18.0 Å². The predicted octanol–water partition coefficient (Wildman–Crippen LogP) is 4.40. The molecule has 3 rings (SSSR count). The topological polar surface area (TPSA) is 79.5 Å². The molecular weight excluding hydrogens is 342 g/mol. The maximum absolute atomic E-state index is 12.2. The number of nitrogens with one attached hydrogen (secondary N) is 3. The first-order valence-corrected chi connectivity index (χ1v) is 9.36. The smallest absolute Gasteiger partial charge is 0.323 e. The minimum atomic E-state index is -0.370. The Morgan fingerprint density at radius 3 is 2.41 bits per heavy atom. The van der Waals surface area contributed by atoms with Crippen LogP contribution in [0.3, 0.4) is 0 Å². The Hall–Kier alpha value is -3.02. The van der Waals surface area contributed by atoms with E-state index in [1.165, 1.54) is 12.8 Å². The van der Waals surface area contributed by atoms with Gasteiger partial charge in [0.2, 0.25) is 0 Å². The lowest BCUT2D eigenvalue weighted by atomic mass is 10.1. The molecule has 6 heteroatoms. The van der Waals surface area contributed by atoms with Crippen molar-refractivity contribution in [2.45, 2.75) is 38.6 Å². The van der Waals surface area contributed by atoms with Gasteiger partial charge in [-0.3, -0.25) is 4.79 Å². The Labute approximate surface area is 159 Å². The Kier molecular flexibility index (Phi) is 6.30. The normalized spacial score (nSPS) is 13.8. The third kappa shape index (κ3) is 5.23. The van der Waals surface area contributed by atoms with Gasteiger partial charge >= 0.3 is 6.03 Å². The second-order valence-corrected chi connectivity index (χ2v) is 6.54. The molecule has 2 aromatic rings. The van der Waals surface area contributed by atoms with E-state index in [9.17, 15) is 9.59 Å². The highest BCUT2D eigenvalue weighted by Crippen LogP contribution is 2.24. The van der Waals surface area contributed by atoms with E-state index in [0.717, 1.165) is 12.8 Å². The lowest BCUT2D eigenvalue weighted by Crippen LogP contribution is -2.32. The van der Waals surface area contributed by atoms with E-state index in [0.29, 0.717) is 29.3 Å². The lowest BCUT2D eigenvalue weighted by molar-refractivity contribution is 0.0938. The maximum atomic E-state index is 12.2. The Morgan fingerprint density at radius 2 is 1.70 bits per heavy atom. The number of anilines is 2. The van der Waals surface area contributed by atoms with Crippen molar-refractivity contribution < 1.29 is 14.3 Å². The highest BCUT2D eigenvalue weighted by molar-refractivity contribution is 6.01. The minimum Gasteiger partial charge on any atom is -0.492 e. The number of ether oxygens (including phenoxy) is 1. The fourth-order valence-corrected chi connectivity index (χ4v) is 3.18. The highest BCUT2D eigenvalue weighted by atomic mass is 16.5. The van der Waals surface area contributed by atoms with Crippen molar-refractivity contribution in [2.75, 3.05) is 17.2 Å².